The van der Waals surface area contributed by atoms with E-state index in [0.717, 1.165) is 57.8 Å². The van der Waals surface area contributed by atoms with Gasteiger partial charge in [-0.2, -0.15) is 5.10 Å². The summed E-state index contributed by atoms with van der Waals surface area (Å²) in [5.74, 6) is 1.13. The second-order valence-electron chi connectivity index (χ2n) is 8.75. The number of nitrogens with zero attached hydrogens (tertiary/aromatic N) is 5. The molecule has 3 fully saturated rings. The molecule has 1 saturated carbocycles. The topological polar surface area (TPSA) is 54.3 Å². The van der Waals surface area contributed by atoms with Gasteiger partial charge in [-0.25, -0.2) is 4.98 Å². The van der Waals surface area contributed by atoms with Gasteiger partial charge in [0.25, 0.3) is 0 Å². The van der Waals surface area contributed by atoms with Gasteiger partial charge in [-0.1, -0.05) is 19.3 Å². The molecule has 1 amide bonds. The average molecular weight is 360 g/mol. The van der Waals surface area contributed by atoms with Crippen molar-refractivity contribution in [3.8, 4) is 0 Å². The van der Waals surface area contributed by atoms with E-state index in [2.05, 4.69) is 26.9 Å². The van der Waals surface area contributed by atoms with Crippen molar-refractivity contribution < 1.29 is 4.79 Å². The Morgan fingerprint density at radius 2 is 1.85 bits per heavy atom. The number of aromatic nitrogens is 3. The van der Waals surface area contributed by atoms with Gasteiger partial charge < -0.3 is 4.90 Å². The summed E-state index contributed by atoms with van der Waals surface area (Å²) in [7, 11) is 2.09. The van der Waals surface area contributed by atoms with Crippen molar-refractivity contribution in [3.63, 3.8) is 0 Å². The molecule has 1 aliphatic carbocycles. The molecule has 3 aliphatic rings. The van der Waals surface area contributed by atoms with Crippen LogP contribution >= 0.6 is 0 Å². The summed E-state index contributed by atoms with van der Waals surface area (Å²) < 4.78 is 2.02. The van der Waals surface area contributed by atoms with Gasteiger partial charge in [0, 0.05) is 19.6 Å². The number of rotatable bonds is 4. The Morgan fingerprint density at radius 3 is 2.46 bits per heavy atom. The van der Waals surface area contributed by atoms with E-state index in [1.807, 2.05) is 11.0 Å². The minimum Gasteiger partial charge on any atom is -0.341 e. The van der Waals surface area contributed by atoms with Crippen LogP contribution in [0.3, 0.4) is 0 Å². The summed E-state index contributed by atoms with van der Waals surface area (Å²) >= 11 is 0. The number of hydrogen-bond acceptors (Lipinski definition) is 4. The first-order valence-corrected chi connectivity index (χ1v) is 10.5. The lowest BCUT2D eigenvalue weighted by Gasteiger charge is -2.48. The molecule has 144 valence electrons. The summed E-state index contributed by atoms with van der Waals surface area (Å²) in [5, 5.41) is 4.40. The molecule has 0 aromatic carbocycles. The minimum atomic E-state index is 0.118. The van der Waals surface area contributed by atoms with Crippen molar-refractivity contribution in [2.24, 2.45) is 11.3 Å². The zero-order chi connectivity index (χ0) is 18.0. The first-order valence-electron chi connectivity index (χ1n) is 10.5. The third kappa shape index (κ3) is 3.53. The lowest BCUT2D eigenvalue weighted by Crippen LogP contribution is -2.52. The lowest BCUT2D eigenvalue weighted by molar-refractivity contribution is -0.139. The number of piperidine rings is 1. The van der Waals surface area contributed by atoms with E-state index in [9.17, 15) is 4.79 Å². The second kappa shape index (κ2) is 7.67. The molecule has 6 heteroatoms. The highest BCUT2D eigenvalue weighted by Gasteiger charge is 2.44. The molecule has 1 aromatic heterocycles. The Labute approximate surface area is 156 Å². The van der Waals surface area contributed by atoms with Crippen LogP contribution in [0.25, 0.3) is 0 Å². The van der Waals surface area contributed by atoms with E-state index in [-0.39, 0.29) is 11.5 Å². The second-order valence-corrected chi connectivity index (χ2v) is 8.75. The monoisotopic (exact) mass is 359 g/mol. The first kappa shape index (κ1) is 18.0. The van der Waals surface area contributed by atoms with Crippen LogP contribution in [-0.2, 0) is 11.3 Å². The molecule has 2 aliphatic heterocycles. The molecule has 1 aromatic rings. The fraction of sp³-hybridized carbons (Fsp3) is 0.850. The normalized spacial score (nSPS) is 27.7. The maximum Gasteiger partial charge on any atom is 0.239 e. The van der Waals surface area contributed by atoms with E-state index < -0.39 is 0 Å². The first-order chi connectivity index (χ1) is 12.7. The largest absolute Gasteiger partial charge is 0.341 e. The molecule has 0 radical (unpaired) electrons. The van der Waals surface area contributed by atoms with E-state index in [0.29, 0.717) is 5.91 Å². The molecule has 0 unspecified atom stereocenters. The van der Waals surface area contributed by atoms with Gasteiger partial charge in [0.1, 0.15) is 12.7 Å². The molecule has 6 nitrogen and oxygen atoms in total. The van der Waals surface area contributed by atoms with Gasteiger partial charge in [0.15, 0.2) is 0 Å². The highest BCUT2D eigenvalue weighted by atomic mass is 16.2. The molecule has 0 spiro atoms. The smallest absolute Gasteiger partial charge is 0.239 e. The van der Waals surface area contributed by atoms with Crippen molar-refractivity contribution in [2.45, 2.75) is 70.4 Å². The van der Waals surface area contributed by atoms with Crippen molar-refractivity contribution >= 4 is 5.91 Å². The number of likely N-dealkylation sites (N-methyl/N-ethyl adjacent to an activating group) is 1. The van der Waals surface area contributed by atoms with E-state index in [4.69, 9.17) is 0 Å². The molecule has 4 rings (SSSR count). The average Bonchev–Trinajstić information content (AvgIpc) is 3.34. The highest BCUT2D eigenvalue weighted by Crippen LogP contribution is 2.47. The molecule has 26 heavy (non-hydrogen) atoms. The molecule has 0 bridgehead atoms. The van der Waals surface area contributed by atoms with Crippen LogP contribution in [0.2, 0.25) is 0 Å². The van der Waals surface area contributed by atoms with Crippen molar-refractivity contribution in [1.82, 2.24) is 24.6 Å². The third-order valence-corrected chi connectivity index (χ3v) is 7.29. The Bertz CT molecular complexity index is 587. The summed E-state index contributed by atoms with van der Waals surface area (Å²) in [5.41, 5.74) is 0.284. The van der Waals surface area contributed by atoms with Crippen molar-refractivity contribution in [2.75, 3.05) is 26.7 Å². The van der Waals surface area contributed by atoms with Crippen LogP contribution in [0.1, 0.15) is 57.8 Å². The maximum absolute atomic E-state index is 13.0. The summed E-state index contributed by atoms with van der Waals surface area (Å²) in [6.07, 6.45) is 14.7. The van der Waals surface area contributed by atoms with Crippen LogP contribution in [-0.4, -0.2) is 63.2 Å². The Balaban J connectivity index is 1.45. The van der Waals surface area contributed by atoms with Gasteiger partial charge in [0.05, 0.1) is 6.04 Å². The number of amides is 1. The summed E-state index contributed by atoms with van der Waals surface area (Å²) in [6.45, 7) is 3.84. The van der Waals surface area contributed by atoms with Gasteiger partial charge in [-0.15, -0.1) is 0 Å². The van der Waals surface area contributed by atoms with E-state index in [1.165, 1.54) is 32.1 Å². The van der Waals surface area contributed by atoms with Crippen LogP contribution in [0.15, 0.2) is 12.7 Å². The summed E-state index contributed by atoms with van der Waals surface area (Å²) in [6, 6.07) is 0.118. The Hall–Kier alpha value is -1.43. The Morgan fingerprint density at radius 1 is 1.08 bits per heavy atom. The fourth-order valence-corrected chi connectivity index (χ4v) is 5.65. The molecular formula is C20H33N5O. The maximum atomic E-state index is 13.0. The van der Waals surface area contributed by atoms with E-state index >= 15 is 0 Å². The number of carbonyl (C=O) groups is 1. The van der Waals surface area contributed by atoms with Crippen LogP contribution in [0, 0.1) is 11.3 Å². The standard InChI is InChI=1S/C20H33N5O/c1-23-11-5-8-18(23)19(26)24-12-9-20(10-13-24,14-25-16-21-15-22-25)17-6-3-2-4-7-17/h15-18H,2-14H2,1H3/t18-/m0/s1. The summed E-state index contributed by atoms with van der Waals surface area (Å²) in [4.78, 5) is 21.5. The van der Waals surface area contributed by atoms with Crippen molar-refractivity contribution in [1.29, 1.82) is 0 Å². The third-order valence-electron chi connectivity index (χ3n) is 7.29. The van der Waals surface area contributed by atoms with Gasteiger partial charge in [-0.3, -0.25) is 14.4 Å². The quantitative estimate of drug-likeness (QED) is 0.829. The van der Waals surface area contributed by atoms with Gasteiger partial charge in [0.2, 0.25) is 5.91 Å². The molecular weight excluding hydrogens is 326 g/mol. The molecule has 0 N–H and O–H groups in total. The SMILES string of the molecule is CN1CCC[C@H]1C(=O)N1CCC(Cn2cncn2)(C2CCCCC2)CC1. The fourth-order valence-electron chi connectivity index (χ4n) is 5.65. The number of carbonyl (C=O) groups excluding carboxylic acids is 1. The zero-order valence-corrected chi connectivity index (χ0v) is 16.1. The molecule has 3 heterocycles. The van der Waals surface area contributed by atoms with Crippen LogP contribution in [0.5, 0.6) is 0 Å². The zero-order valence-electron chi connectivity index (χ0n) is 16.1. The molecule has 2 saturated heterocycles. The molecule has 1 atom stereocenters. The number of hydrogen-bond donors (Lipinski definition) is 0. The van der Waals surface area contributed by atoms with Crippen LogP contribution < -0.4 is 0 Å². The predicted molar refractivity (Wildman–Crippen MR) is 100 cm³/mol. The van der Waals surface area contributed by atoms with E-state index in [1.54, 1.807) is 6.33 Å². The van der Waals surface area contributed by atoms with Gasteiger partial charge in [-0.05, 0) is 63.5 Å². The predicted octanol–water partition coefficient (Wildman–Crippen LogP) is 2.56. The Kier molecular flexibility index (Phi) is 5.30. The number of likely N-dealkylation sites (tertiary alicyclic amines) is 2. The highest BCUT2D eigenvalue weighted by molar-refractivity contribution is 5.82. The van der Waals surface area contributed by atoms with Gasteiger partial charge >= 0.3 is 0 Å². The van der Waals surface area contributed by atoms with Crippen LogP contribution in [0.4, 0.5) is 0 Å². The van der Waals surface area contributed by atoms with Crippen molar-refractivity contribution in [3.05, 3.63) is 12.7 Å². The lowest BCUT2D eigenvalue weighted by atomic mass is 9.63. The minimum absolute atomic E-state index is 0.118.